The van der Waals surface area contributed by atoms with Crippen LogP contribution in [0.3, 0.4) is 0 Å². The highest BCUT2D eigenvalue weighted by atomic mass is 35.5. The van der Waals surface area contributed by atoms with Crippen molar-refractivity contribution in [1.82, 2.24) is 34.8 Å². The maximum absolute atomic E-state index is 9.77. The number of thiazole rings is 2. The van der Waals surface area contributed by atoms with E-state index in [1.54, 1.807) is 36.7 Å². The Balaban J connectivity index is 0.000000177. The first-order valence-electron chi connectivity index (χ1n) is 17.8. The molecule has 8 rings (SSSR count). The van der Waals surface area contributed by atoms with Crippen LogP contribution < -0.4 is 9.47 Å². The molecule has 4 aromatic carbocycles. The number of nitriles is 2. The summed E-state index contributed by atoms with van der Waals surface area (Å²) in [6.45, 7) is 1.47. The van der Waals surface area contributed by atoms with Crippen LogP contribution in [0.4, 0.5) is 0 Å². The minimum atomic E-state index is -0.590. The van der Waals surface area contributed by atoms with Crippen molar-refractivity contribution in [1.29, 1.82) is 10.5 Å². The van der Waals surface area contributed by atoms with E-state index >= 15 is 0 Å². The number of nitrogens with zero attached hydrogens (tertiary/aromatic N) is 9. The second kappa shape index (κ2) is 18.9. The largest absolute Gasteiger partial charge is 0.459 e. The first-order chi connectivity index (χ1) is 28.3. The molecule has 0 saturated carbocycles. The van der Waals surface area contributed by atoms with E-state index in [2.05, 4.69) is 59.1 Å². The molecule has 2 unspecified atom stereocenters. The van der Waals surface area contributed by atoms with Gasteiger partial charge in [-0.1, -0.05) is 77.8 Å². The Hall–Kier alpha value is -6.06. The Morgan fingerprint density at radius 2 is 1.12 bits per heavy atom. The predicted molar refractivity (Wildman–Crippen MR) is 227 cm³/mol. The molecule has 15 heteroatoms. The maximum Gasteiger partial charge on any atom is 0.316 e. The summed E-state index contributed by atoms with van der Waals surface area (Å²) >= 11 is 14.9. The van der Waals surface area contributed by atoms with Gasteiger partial charge in [0.15, 0.2) is 0 Å². The van der Waals surface area contributed by atoms with E-state index in [0.29, 0.717) is 33.0 Å². The van der Waals surface area contributed by atoms with Crippen LogP contribution in [0.2, 0.25) is 10.0 Å². The van der Waals surface area contributed by atoms with Gasteiger partial charge in [0.1, 0.15) is 35.1 Å². The zero-order chi connectivity index (χ0) is 40.4. The summed E-state index contributed by atoms with van der Waals surface area (Å²) in [7, 11) is 4.08. The third kappa shape index (κ3) is 10.1. The molecular formula is C43H33Cl2N9O2S2. The zero-order valence-electron chi connectivity index (χ0n) is 31.2. The number of hydrogen-bond donors (Lipinski definition) is 0. The van der Waals surface area contributed by atoms with Crippen LogP contribution in [0.15, 0.2) is 116 Å². The minimum absolute atomic E-state index is 0.185. The summed E-state index contributed by atoms with van der Waals surface area (Å²) in [6.07, 6.45) is 3.20. The third-order valence-electron chi connectivity index (χ3n) is 8.48. The fourth-order valence-corrected chi connectivity index (χ4v) is 8.17. The van der Waals surface area contributed by atoms with Crippen molar-refractivity contribution >= 4 is 66.3 Å². The Morgan fingerprint density at radius 1 is 0.603 bits per heavy atom. The zero-order valence-corrected chi connectivity index (χ0v) is 34.3. The van der Waals surface area contributed by atoms with Gasteiger partial charge in [-0.25, -0.2) is 19.9 Å². The van der Waals surface area contributed by atoms with E-state index in [-0.39, 0.29) is 18.6 Å². The average molecular weight is 843 g/mol. The monoisotopic (exact) mass is 841 g/mol. The molecule has 0 fully saturated rings. The lowest BCUT2D eigenvalue weighted by Gasteiger charge is -2.11. The molecule has 2 atom stereocenters. The molecule has 8 aromatic rings. The lowest BCUT2D eigenvalue weighted by atomic mass is 10.1. The SMILES string of the molecule is CN(C)Cc1cccc(COc2nccc(C(C#N)c3nc4ccccc4s3)n2)c1.N#CC(c1ccnc(OCc2ccc(Cl)c(Cl)c2)n1)c1nc2ccccc2s1. The van der Waals surface area contributed by atoms with Gasteiger partial charge in [-0.3, -0.25) is 0 Å². The number of aromatic nitrogens is 6. The molecule has 0 saturated heterocycles. The van der Waals surface area contributed by atoms with Crippen LogP contribution in [-0.4, -0.2) is 48.9 Å². The van der Waals surface area contributed by atoms with Crippen LogP contribution in [0, 0.1) is 22.7 Å². The number of para-hydroxylation sites is 2. The molecular weight excluding hydrogens is 810 g/mol. The van der Waals surface area contributed by atoms with E-state index in [0.717, 1.165) is 43.1 Å². The summed E-state index contributed by atoms with van der Waals surface area (Å²) in [5.74, 6) is -1.15. The molecule has 0 aliphatic heterocycles. The van der Waals surface area contributed by atoms with Gasteiger partial charge in [0.05, 0.1) is 54.0 Å². The van der Waals surface area contributed by atoms with Crippen LogP contribution in [0.25, 0.3) is 20.4 Å². The first-order valence-corrected chi connectivity index (χ1v) is 20.2. The smallest absolute Gasteiger partial charge is 0.316 e. The number of hydrogen-bond acceptors (Lipinski definition) is 13. The highest BCUT2D eigenvalue weighted by molar-refractivity contribution is 7.19. The van der Waals surface area contributed by atoms with E-state index in [1.165, 1.54) is 28.2 Å². The number of benzene rings is 4. The van der Waals surface area contributed by atoms with E-state index in [1.807, 2.05) is 80.8 Å². The minimum Gasteiger partial charge on any atom is -0.459 e. The van der Waals surface area contributed by atoms with Gasteiger partial charge in [0.25, 0.3) is 0 Å². The van der Waals surface area contributed by atoms with Crippen LogP contribution in [0.5, 0.6) is 12.0 Å². The van der Waals surface area contributed by atoms with Gasteiger partial charge in [0.2, 0.25) is 0 Å². The summed E-state index contributed by atoms with van der Waals surface area (Å²) in [6, 6.07) is 37.6. The molecule has 288 valence electrons. The topological polar surface area (TPSA) is 147 Å². The third-order valence-corrected chi connectivity index (χ3v) is 11.4. The Kier molecular flexibility index (Phi) is 13.1. The lowest BCUT2D eigenvalue weighted by molar-refractivity contribution is 0.279. The van der Waals surface area contributed by atoms with E-state index in [9.17, 15) is 10.5 Å². The van der Waals surface area contributed by atoms with Gasteiger partial charge in [-0.2, -0.15) is 20.5 Å². The second-order valence-electron chi connectivity index (χ2n) is 13.1. The molecule has 58 heavy (non-hydrogen) atoms. The molecule has 4 aromatic heterocycles. The number of rotatable bonds is 12. The van der Waals surface area contributed by atoms with Crippen LogP contribution in [-0.2, 0) is 19.8 Å². The summed E-state index contributed by atoms with van der Waals surface area (Å²) in [5, 5.41) is 21.8. The molecule has 11 nitrogen and oxygen atoms in total. The van der Waals surface area contributed by atoms with Gasteiger partial charge >= 0.3 is 12.0 Å². The van der Waals surface area contributed by atoms with E-state index in [4.69, 9.17) is 32.7 Å². The summed E-state index contributed by atoms with van der Waals surface area (Å²) < 4.78 is 13.6. The van der Waals surface area contributed by atoms with E-state index < -0.39 is 11.8 Å². The highest BCUT2D eigenvalue weighted by Gasteiger charge is 2.22. The van der Waals surface area contributed by atoms with Crippen molar-refractivity contribution in [3.05, 3.63) is 164 Å². The fourth-order valence-electron chi connectivity index (χ4n) is 5.80. The summed E-state index contributed by atoms with van der Waals surface area (Å²) in [5.41, 5.74) is 5.99. The van der Waals surface area contributed by atoms with Crippen molar-refractivity contribution in [2.45, 2.75) is 31.6 Å². The Labute approximate surface area is 352 Å². The van der Waals surface area contributed by atoms with Crippen molar-refractivity contribution in [3.8, 4) is 24.2 Å². The highest BCUT2D eigenvalue weighted by Crippen LogP contribution is 2.32. The van der Waals surface area contributed by atoms with Crippen molar-refractivity contribution in [2.24, 2.45) is 0 Å². The van der Waals surface area contributed by atoms with Crippen LogP contribution >= 0.6 is 45.9 Å². The number of fused-ring (bicyclic) bond motifs is 2. The molecule has 0 aliphatic carbocycles. The molecule has 0 bridgehead atoms. The van der Waals surface area contributed by atoms with Gasteiger partial charge in [-0.05, 0) is 79.3 Å². The standard InChI is InChI=1S/C23H21N5OS.C20H12Cl2N4OS/c1-28(2)14-16-6-5-7-17(12-16)15-29-23-25-11-10-19(27-23)18(13-24)22-26-20-8-3-4-9-21(20)30-22;21-14-6-5-12(9-15(14)22)11-27-20-24-8-7-16(26-20)13(10-23)19-25-17-3-1-2-4-18(17)28-19/h3-12,18H,14-15H2,1-2H3;1-9,13H,11H2. The van der Waals surface area contributed by atoms with Crippen molar-refractivity contribution in [3.63, 3.8) is 0 Å². The Morgan fingerprint density at radius 3 is 1.62 bits per heavy atom. The quantitative estimate of drug-likeness (QED) is 0.116. The molecule has 0 amide bonds. The predicted octanol–water partition coefficient (Wildman–Crippen LogP) is 10.0. The molecule has 0 radical (unpaired) electrons. The first kappa shape index (κ1) is 40.1. The van der Waals surface area contributed by atoms with Crippen molar-refractivity contribution in [2.75, 3.05) is 14.1 Å². The van der Waals surface area contributed by atoms with Gasteiger partial charge < -0.3 is 14.4 Å². The van der Waals surface area contributed by atoms with Gasteiger partial charge in [-0.15, -0.1) is 22.7 Å². The average Bonchev–Trinajstić information content (AvgIpc) is 3.86. The normalized spacial score (nSPS) is 12.0. The Bertz CT molecular complexity index is 2700. The lowest BCUT2D eigenvalue weighted by Crippen LogP contribution is -2.11. The molecule has 0 aliphatic rings. The maximum atomic E-state index is 9.77. The fraction of sp³-hybridized carbons (Fsp3) is 0.163. The number of ether oxygens (including phenoxy) is 2. The van der Waals surface area contributed by atoms with Gasteiger partial charge in [0, 0.05) is 18.9 Å². The van der Waals surface area contributed by atoms with Crippen LogP contribution in [0.1, 0.15) is 49.9 Å². The number of halogens is 2. The summed E-state index contributed by atoms with van der Waals surface area (Å²) in [4.78, 5) is 28.5. The molecule has 0 spiro atoms. The van der Waals surface area contributed by atoms with Crippen molar-refractivity contribution < 1.29 is 9.47 Å². The second-order valence-corrected chi connectivity index (χ2v) is 16.0. The molecule has 0 N–H and O–H groups in total. The molecule has 4 heterocycles.